The molecular formula is C23H25NO2S. The molecule has 1 fully saturated rings. The van der Waals surface area contributed by atoms with Crippen molar-refractivity contribution in [2.75, 3.05) is 0 Å². The fourth-order valence-electron chi connectivity index (χ4n) is 4.42. The summed E-state index contributed by atoms with van der Waals surface area (Å²) in [5.41, 5.74) is 9.35. The van der Waals surface area contributed by atoms with E-state index in [1.807, 2.05) is 0 Å². The zero-order valence-electron chi connectivity index (χ0n) is 15.5. The second-order valence-corrected chi connectivity index (χ2v) is 9.78. The topological polar surface area (TPSA) is 60.2 Å². The van der Waals surface area contributed by atoms with Crippen LogP contribution in [-0.4, -0.2) is 14.0 Å². The van der Waals surface area contributed by atoms with Gasteiger partial charge in [0.2, 0.25) is 0 Å². The SMILES string of the molecule is CC1(N)CCC2C=Cc3c(ccc4ccccc34)C2C1.O=S1(=O)C=CC=C1. The third-order valence-electron chi connectivity index (χ3n) is 5.81. The molecule has 0 radical (unpaired) electrons. The van der Waals surface area contributed by atoms with Gasteiger partial charge in [0, 0.05) is 16.4 Å². The van der Waals surface area contributed by atoms with E-state index in [0.717, 1.165) is 23.7 Å². The maximum atomic E-state index is 10.3. The number of sulfone groups is 1. The van der Waals surface area contributed by atoms with Crippen molar-refractivity contribution in [3.8, 4) is 0 Å². The second kappa shape index (κ2) is 6.77. The zero-order chi connectivity index (χ0) is 19.1. The number of benzene rings is 2. The summed E-state index contributed by atoms with van der Waals surface area (Å²) in [7, 11) is -2.91. The third kappa shape index (κ3) is 3.78. The molecular weight excluding hydrogens is 354 g/mol. The zero-order valence-corrected chi connectivity index (χ0v) is 16.3. The molecule has 3 unspecified atom stereocenters. The van der Waals surface area contributed by atoms with Crippen molar-refractivity contribution in [2.24, 2.45) is 11.7 Å². The standard InChI is InChI=1S/C19H21N.C4H4O2S/c1-19(20)11-10-14-7-8-16-15-5-3-2-4-13(15)6-9-17(16)18(14)12-19;5-7(6)3-1-2-4-7/h2-9,14,18H,10-12,20H2,1H3;1-4H. The van der Waals surface area contributed by atoms with Crippen molar-refractivity contribution in [1.29, 1.82) is 0 Å². The van der Waals surface area contributed by atoms with E-state index >= 15 is 0 Å². The van der Waals surface area contributed by atoms with Gasteiger partial charge < -0.3 is 5.73 Å². The molecule has 2 N–H and O–H groups in total. The largest absolute Gasteiger partial charge is 0.325 e. The smallest absolute Gasteiger partial charge is 0.193 e. The molecule has 2 aromatic rings. The Kier molecular flexibility index (Phi) is 4.57. The van der Waals surface area contributed by atoms with Gasteiger partial charge in [0.1, 0.15) is 0 Å². The van der Waals surface area contributed by atoms with Crippen molar-refractivity contribution in [3.63, 3.8) is 0 Å². The van der Waals surface area contributed by atoms with Crippen LogP contribution < -0.4 is 5.73 Å². The van der Waals surface area contributed by atoms with Gasteiger partial charge in [-0.25, -0.2) is 8.42 Å². The van der Waals surface area contributed by atoms with Crippen molar-refractivity contribution in [2.45, 2.75) is 37.6 Å². The quantitative estimate of drug-likeness (QED) is 0.707. The average molecular weight is 380 g/mol. The lowest BCUT2D eigenvalue weighted by molar-refractivity contribution is 0.245. The number of hydrogen-bond donors (Lipinski definition) is 1. The van der Waals surface area contributed by atoms with Gasteiger partial charge in [-0.15, -0.1) is 0 Å². The number of nitrogens with two attached hydrogens (primary N) is 1. The molecule has 1 aliphatic heterocycles. The summed E-state index contributed by atoms with van der Waals surface area (Å²) >= 11 is 0. The van der Waals surface area contributed by atoms with Crippen LogP contribution in [0.25, 0.3) is 16.8 Å². The lowest BCUT2D eigenvalue weighted by Crippen LogP contribution is -2.43. The molecule has 1 saturated carbocycles. The first-order valence-corrected chi connectivity index (χ1v) is 11.0. The molecule has 0 saturated heterocycles. The van der Waals surface area contributed by atoms with Crippen LogP contribution in [0.3, 0.4) is 0 Å². The third-order valence-corrected chi connectivity index (χ3v) is 6.89. The molecule has 2 aliphatic carbocycles. The lowest BCUT2D eigenvalue weighted by atomic mass is 9.65. The number of hydrogen-bond acceptors (Lipinski definition) is 3. The van der Waals surface area contributed by atoms with Crippen LogP contribution in [0.2, 0.25) is 0 Å². The molecule has 0 bridgehead atoms. The minimum Gasteiger partial charge on any atom is -0.325 e. The van der Waals surface area contributed by atoms with E-state index in [-0.39, 0.29) is 5.54 Å². The summed E-state index contributed by atoms with van der Waals surface area (Å²) in [5, 5.41) is 5.03. The van der Waals surface area contributed by atoms with E-state index in [1.165, 1.54) is 40.5 Å². The molecule has 140 valence electrons. The highest BCUT2D eigenvalue weighted by Gasteiger charge is 2.37. The van der Waals surface area contributed by atoms with Gasteiger partial charge >= 0.3 is 0 Å². The monoisotopic (exact) mass is 379 g/mol. The fourth-order valence-corrected chi connectivity index (χ4v) is 5.13. The number of allylic oxidation sites excluding steroid dienone is 3. The first-order valence-electron chi connectivity index (χ1n) is 9.43. The summed E-state index contributed by atoms with van der Waals surface area (Å²) in [6, 6.07) is 13.3. The molecule has 0 amide bonds. The van der Waals surface area contributed by atoms with Gasteiger partial charge in [-0.1, -0.05) is 48.6 Å². The maximum absolute atomic E-state index is 10.3. The Balaban J connectivity index is 0.000000218. The summed E-state index contributed by atoms with van der Waals surface area (Å²) < 4.78 is 20.5. The van der Waals surface area contributed by atoms with Gasteiger partial charge in [-0.2, -0.15) is 0 Å². The average Bonchev–Trinajstić information content (AvgIpc) is 3.05. The number of rotatable bonds is 0. The van der Waals surface area contributed by atoms with E-state index in [4.69, 9.17) is 5.73 Å². The summed E-state index contributed by atoms with van der Waals surface area (Å²) in [6.45, 7) is 2.21. The van der Waals surface area contributed by atoms with Gasteiger partial charge in [0.25, 0.3) is 0 Å². The normalized spacial score (nSPS) is 29.7. The summed E-state index contributed by atoms with van der Waals surface area (Å²) in [5.74, 6) is 1.28. The van der Waals surface area contributed by atoms with Gasteiger partial charge in [0.15, 0.2) is 9.84 Å². The van der Waals surface area contributed by atoms with Crippen LogP contribution in [0.1, 0.15) is 43.2 Å². The van der Waals surface area contributed by atoms with E-state index in [1.54, 1.807) is 0 Å². The Labute approximate surface area is 161 Å². The van der Waals surface area contributed by atoms with E-state index in [0.29, 0.717) is 11.8 Å². The second-order valence-electron chi connectivity index (χ2n) is 8.06. The minimum absolute atomic E-state index is 0.00470. The van der Waals surface area contributed by atoms with Crippen molar-refractivity contribution < 1.29 is 8.42 Å². The molecule has 3 atom stereocenters. The van der Waals surface area contributed by atoms with Crippen LogP contribution in [0.5, 0.6) is 0 Å². The van der Waals surface area contributed by atoms with Gasteiger partial charge in [0.05, 0.1) is 0 Å². The Morgan fingerprint density at radius 3 is 2.52 bits per heavy atom. The minimum atomic E-state index is -2.91. The summed E-state index contributed by atoms with van der Waals surface area (Å²) in [6.07, 6.45) is 11.2. The molecule has 5 rings (SSSR count). The predicted molar refractivity (Wildman–Crippen MR) is 113 cm³/mol. The molecule has 1 heterocycles. The highest BCUT2D eigenvalue weighted by molar-refractivity contribution is 7.97. The molecule has 0 aromatic heterocycles. The van der Waals surface area contributed by atoms with E-state index in [2.05, 4.69) is 55.5 Å². The van der Waals surface area contributed by atoms with Gasteiger partial charge in [-0.3, -0.25) is 0 Å². The van der Waals surface area contributed by atoms with Crippen molar-refractivity contribution in [1.82, 2.24) is 0 Å². The van der Waals surface area contributed by atoms with Crippen LogP contribution in [-0.2, 0) is 9.84 Å². The molecule has 2 aromatic carbocycles. The van der Waals surface area contributed by atoms with E-state index in [9.17, 15) is 8.42 Å². The molecule has 0 spiro atoms. The van der Waals surface area contributed by atoms with E-state index < -0.39 is 9.84 Å². The maximum Gasteiger partial charge on any atom is 0.193 e. The molecule has 3 aliphatic rings. The Hall–Kier alpha value is -2.17. The first kappa shape index (κ1) is 18.2. The van der Waals surface area contributed by atoms with Crippen LogP contribution in [0.15, 0.2) is 65.4 Å². The summed E-state index contributed by atoms with van der Waals surface area (Å²) in [4.78, 5) is 0. The molecule has 3 nitrogen and oxygen atoms in total. The van der Waals surface area contributed by atoms with Crippen LogP contribution >= 0.6 is 0 Å². The fraction of sp³-hybridized carbons (Fsp3) is 0.304. The highest BCUT2D eigenvalue weighted by Crippen LogP contribution is 2.47. The number of fused-ring (bicyclic) bond motifs is 5. The van der Waals surface area contributed by atoms with Gasteiger partial charge in [-0.05, 0) is 72.1 Å². The highest BCUT2D eigenvalue weighted by atomic mass is 32.2. The Bertz CT molecular complexity index is 1040. The first-order chi connectivity index (χ1) is 12.8. The predicted octanol–water partition coefficient (Wildman–Crippen LogP) is 4.91. The van der Waals surface area contributed by atoms with Crippen molar-refractivity contribution in [3.05, 3.63) is 76.6 Å². The van der Waals surface area contributed by atoms with Crippen molar-refractivity contribution >= 4 is 26.7 Å². The Morgan fingerprint density at radius 1 is 1.07 bits per heavy atom. The molecule has 4 heteroatoms. The van der Waals surface area contributed by atoms with Crippen LogP contribution in [0.4, 0.5) is 0 Å². The lowest BCUT2D eigenvalue weighted by Gasteiger charge is -2.42. The van der Waals surface area contributed by atoms with Crippen LogP contribution in [0, 0.1) is 5.92 Å². The Morgan fingerprint density at radius 2 is 1.81 bits per heavy atom. The molecule has 27 heavy (non-hydrogen) atoms.